The number of benzene rings is 2. The van der Waals surface area contributed by atoms with Gasteiger partial charge in [-0.25, -0.2) is 17.2 Å². The monoisotopic (exact) mass is 452 g/mol. The molecule has 1 amide bonds. The number of aromatic nitrogens is 1. The van der Waals surface area contributed by atoms with Gasteiger partial charge in [-0.05, 0) is 51.0 Å². The van der Waals surface area contributed by atoms with Crippen molar-refractivity contribution in [2.45, 2.75) is 44.1 Å². The average molecular weight is 453 g/mol. The van der Waals surface area contributed by atoms with Crippen LogP contribution in [0, 0.1) is 0 Å². The number of para-hydroxylation sites is 1. The van der Waals surface area contributed by atoms with Gasteiger partial charge in [-0.1, -0.05) is 48.6 Å². The standard InChI is InChI=1S/C25H28N2O4S/c1-25(2,3)31-24(28)26-17-10-9-15-23-21(16-18-26)20-13-7-8-14-22(20)27(23)32(29,30)19-11-5-4-6-12-19/h4-14H,15-18H2,1-3H3/b10-9-. The quantitative estimate of drug-likeness (QED) is 0.525. The van der Waals surface area contributed by atoms with Gasteiger partial charge in [-0.15, -0.1) is 0 Å². The molecule has 0 fully saturated rings. The summed E-state index contributed by atoms with van der Waals surface area (Å²) in [6.07, 6.45) is 4.45. The zero-order valence-corrected chi connectivity index (χ0v) is 19.4. The molecule has 0 N–H and O–H groups in total. The predicted octanol–water partition coefficient (Wildman–Crippen LogP) is 4.77. The van der Waals surface area contributed by atoms with Crippen LogP contribution in [0.1, 0.15) is 32.0 Å². The van der Waals surface area contributed by atoms with Crippen LogP contribution < -0.4 is 0 Å². The van der Waals surface area contributed by atoms with E-state index in [0.717, 1.165) is 16.6 Å². The summed E-state index contributed by atoms with van der Waals surface area (Å²) in [6.45, 7) is 6.39. The molecule has 0 unspecified atom stereocenters. The van der Waals surface area contributed by atoms with Crippen LogP contribution in [0.3, 0.4) is 0 Å². The second kappa shape index (κ2) is 8.47. The Morgan fingerprint density at radius 2 is 1.66 bits per heavy atom. The highest BCUT2D eigenvalue weighted by atomic mass is 32.2. The Labute approximate surface area is 189 Å². The van der Waals surface area contributed by atoms with E-state index in [1.807, 2.05) is 57.2 Å². The lowest BCUT2D eigenvalue weighted by Crippen LogP contribution is -2.38. The van der Waals surface area contributed by atoms with E-state index in [4.69, 9.17) is 4.74 Å². The van der Waals surface area contributed by atoms with Crippen LogP contribution in [0.15, 0.2) is 71.6 Å². The molecule has 0 saturated heterocycles. The smallest absolute Gasteiger partial charge is 0.410 e. The molecule has 2 heterocycles. The Morgan fingerprint density at radius 3 is 2.38 bits per heavy atom. The lowest BCUT2D eigenvalue weighted by Gasteiger charge is -2.26. The molecule has 168 valence electrons. The van der Waals surface area contributed by atoms with Crippen molar-refractivity contribution in [2.75, 3.05) is 13.1 Å². The summed E-state index contributed by atoms with van der Waals surface area (Å²) in [6, 6.07) is 16.0. The predicted molar refractivity (Wildman–Crippen MR) is 125 cm³/mol. The number of allylic oxidation sites excluding steroid dienone is 1. The summed E-state index contributed by atoms with van der Waals surface area (Å²) in [5.41, 5.74) is 1.75. The van der Waals surface area contributed by atoms with Crippen LogP contribution in [0.2, 0.25) is 0 Å². The van der Waals surface area contributed by atoms with Crippen LogP contribution in [0.5, 0.6) is 0 Å². The van der Waals surface area contributed by atoms with Gasteiger partial charge < -0.3 is 9.64 Å². The number of hydrogen-bond acceptors (Lipinski definition) is 4. The van der Waals surface area contributed by atoms with Gasteiger partial charge in [0, 0.05) is 30.6 Å². The van der Waals surface area contributed by atoms with Crippen LogP contribution in [-0.2, 0) is 27.6 Å². The van der Waals surface area contributed by atoms with Gasteiger partial charge >= 0.3 is 6.09 Å². The first-order valence-electron chi connectivity index (χ1n) is 10.7. The number of fused-ring (bicyclic) bond motifs is 3. The molecule has 0 aliphatic carbocycles. The minimum absolute atomic E-state index is 0.253. The highest BCUT2D eigenvalue weighted by Crippen LogP contribution is 2.32. The third kappa shape index (κ3) is 4.30. The Bertz CT molecular complexity index is 1270. The summed E-state index contributed by atoms with van der Waals surface area (Å²) in [5.74, 6) is 0. The average Bonchev–Trinajstić information content (AvgIpc) is 3.10. The van der Waals surface area contributed by atoms with Crippen LogP contribution in [0.4, 0.5) is 4.79 Å². The molecule has 0 saturated carbocycles. The number of carbonyl (C=O) groups is 1. The maximum absolute atomic E-state index is 13.6. The third-order valence-electron chi connectivity index (χ3n) is 5.41. The van der Waals surface area contributed by atoms with Crippen molar-refractivity contribution in [3.05, 3.63) is 78.0 Å². The zero-order chi connectivity index (χ0) is 22.9. The summed E-state index contributed by atoms with van der Waals surface area (Å²) < 4.78 is 34.3. The number of ether oxygens (including phenoxy) is 1. The maximum Gasteiger partial charge on any atom is 0.410 e. The van der Waals surface area contributed by atoms with Gasteiger partial charge in [0.25, 0.3) is 10.0 Å². The Hall–Kier alpha value is -3.06. The number of hydrogen-bond donors (Lipinski definition) is 0. The molecule has 1 aliphatic rings. The van der Waals surface area contributed by atoms with Crippen molar-refractivity contribution in [3.8, 4) is 0 Å². The van der Waals surface area contributed by atoms with E-state index in [9.17, 15) is 13.2 Å². The van der Waals surface area contributed by atoms with Crippen LogP contribution in [0.25, 0.3) is 10.9 Å². The summed E-state index contributed by atoms with van der Waals surface area (Å²) in [4.78, 5) is 14.6. The molecule has 0 bridgehead atoms. The second-order valence-corrected chi connectivity index (χ2v) is 10.7. The van der Waals surface area contributed by atoms with Gasteiger partial charge in [-0.3, -0.25) is 0 Å². The lowest BCUT2D eigenvalue weighted by molar-refractivity contribution is 0.0274. The molecule has 32 heavy (non-hydrogen) atoms. The van der Waals surface area contributed by atoms with Crippen molar-refractivity contribution in [1.82, 2.24) is 8.87 Å². The Morgan fingerprint density at radius 1 is 0.969 bits per heavy atom. The molecule has 0 radical (unpaired) electrons. The topological polar surface area (TPSA) is 68.6 Å². The van der Waals surface area contributed by atoms with Crippen LogP contribution >= 0.6 is 0 Å². The van der Waals surface area contributed by atoms with E-state index in [2.05, 4.69) is 0 Å². The van der Waals surface area contributed by atoms with Crippen molar-refractivity contribution in [3.63, 3.8) is 0 Å². The zero-order valence-electron chi connectivity index (χ0n) is 18.6. The molecule has 1 aliphatic heterocycles. The van der Waals surface area contributed by atoms with E-state index < -0.39 is 15.6 Å². The molecule has 4 rings (SSSR count). The maximum atomic E-state index is 13.6. The van der Waals surface area contributed by atoms with Gasteiger partial charge in [0.2, 0.25) is 0 Å². The fourth-order valence-corrected chi connectivity index (χ4v) is 5.62. The molecule has 7 heteroatoms. The van der Waals surface area contributed by atoms with E-state index in [1.54, 1.807) is 35.2 Å². The lowest BCUT2D eigenvalue weighted by atomic mass is 10.1. The van der Waals surface area contributed by atoms with Crippen molar-refractivity contribution < 1.29 is 17.9 Å². The first-order valence-corrected chi connectivity index (χ1v) is 12.2. The van der Waals surface area contributed by atoms with E-state index >= 15 is 0 Å². The molecule has 0 atom stereocenters. The minimum atomic E-state index is -3.78. The molecular formula is C25H28N2O4S. The molecule has 6 nitrogen and oxygen atoms in total. The fourth-order valence-electron chi connectivity index (χ4n) is 4.01. The summed E-state index contributed by atoms with van der Waals surface area (Å²) >= 11 is 0. The number of rotatable bonds is 2. The number of carbonyl (C=O) groups excluding carboxylic acids is 1. The summed E-state index contributed by atoms with van der Waals surface area (Å²) in [7, 11) is -3.78. The van der Waals surface area contributed by atoms with Crippen molar-refractivity contribution >= 4 is 27.0 Å². The summed E-state index contributed by atoms with van der Waals surface area (Å²) in [5, 5.41) is 0.890. The number of amides is 1. The van der Waals surface area contributed by atoms with Gasteiger partial charge in [0.15, 0.2) is 0 Å². The fraction of sp³-hybridized carbons (Fsp3) is 0.320. The molecule has 2 aromatic carbocycles. The van der Waals surface area contributed by atoms with Crippen molar-refractivity contribution in [2.24, 2.45) is 0 Å². The normalized spacial score (nSPS) is 16.0. The molecular weight excluding hydrogens is 424 g/mol. The molecule has 3 aromatic rings. The Balaban J connectivity index is 1.81. The molecule has 0 spiro atoms. The van der Waals surface area contributed by atoms with Crippen molar-refractivity contribution in [1.29, 1.82) is 0 Å². The third-order valence-corrected chi connectivity index (χ3v) is 7.18. The van der Waals surface area contributed by atoms with Gasteiger partial charge in [-0.2, -0.15) is 0 Å². The van der Waals surface area contributed by atoms with Gasteiger partial charge in [0.05, 0.1) is 10.4 Å². The minimum Gasteiger partial charge on any atom is -0.444 e. The second-order valence-electron chi connectivity index (χ2n) is 8.88. The number of nitrogens with zero attached hydrogens (tertiary/aromatic N) is 2. The SMILES string of the molecule is CC(C)(C)OC(=O)N1C/C=C\Cc2c(c3ccccc3n2S(=O)(=O)c2ccccc2)CC1. The van der Waals surface area contributed by atoms with E-state index in [-0.39, 0.29) is 11.0 Å². The van der Waals surface area contributed by atoms with E-state index in [1.165, 1.54) is 3.97 Å². The molecule has 1 aromatic heterocycles. The Kier molecular flexibility index (Phi) is 5.86. The first kappa shape index (κ1) is 22.1. The van der Waals surface area contributed by atoms with Crippen LogP contribution in [-0.4, -0.2) is 42.1 Å². The highest BCUT2D eigenvalue weighted by molar-refractivity contribution is 7.90. The first-order chi connectivity index (χ1) is 15.2. The largest absolute Gasteiger partial charge is 0.444 e. The highest BCUT2D eigenvalue weighted by Gasteiger charge is 2.28. The van der Waals surface area contributed by atoms with Gasteiger partial charge in [0.1, 0.15) is 5.60 Å². The van der Waals surface area contributed by atoms with E-state index in [0.29, 0.717) is 31.4 Å².